The summed E-state index contributed by atoms with van der Waals surface area (Å²) in [5, 5.41) is 8.86. The first-order valence-electron chi connectivity index (χ1n) is 7.45. The molecule has 118 valence electrons. The minimum atomic E-state index is 0.440. The lowest BCUT2D eigenvalue weighted by atomic mass is 10.1. The molecule has 0 spiro atoms. The SMILES string of the molecule is Clc1cccc(-c2noc3ncnc(NCc4ccccc4)c23)c1. The Hall–Kier alpha value is -2.92. The van der Waals surface area contributed by atoms with Gasteiger partial charge in [-0.25, -0.2) is 4.98 Å². The summed E-state index contributed by atoms with van der Waals surface area (Å²) < 4.78 is 5.35. The molecular weight excluding hydrogens is 324 g/mol. The highest BCUT2D eigenvalue weighted by molar-refractivity contribution is 6.30. The first kappa shape index (κ1) is 14.7. The topological polar surface area (TPSA) is 63.8 Å². The number of aromatic nitrogens is 3. The average molecular weight is 337 g/mol. The highest BCUT2D eigenvalue weighted by atomic mass is 35.5. The van der Waals surface area contributed by atoms with Crippen molar-refractivity contribution in [3.05, 3.63) is 71.5 Å². The summed E-state index contributed by atoms with van der Waals surface area (Å²) in [6.07, 6.45) is 1.46. The van der Waals surface area contributed by atoms with E-state index < -0.39 is 0 Å². The molecule has 0 fully saturated rings. The summed E-state index contributed by atoms with van der Waals surface area (Å²) in [6, 6.07) is 17.6. The van der Waals surface area contributed by atoms with E-state index in [1.165, 1.54) is 6.33 Å². The van der Waals surface area contributed by atoms with Gasteiger partial charge >= 0.3 is 0 Å². The van der Waals surface area contributed by atoms with E-state index in [1.807, 2.05) is 42.5 Å². The number of halogens is 1. The third-order valence-electron chi connectivity index (χ3n) is 3.67. The number of anilines is 1. The highest BCUT2D eigenvalue weighted by Gasteiger charge is 2.16. The van der Waals surface area contributed by atoms with Crippen LogP contribution in [0, 0.1) is 0 Å². The van der Waals surface area contributed by atoms with Gasteiger partial charge < -0.3 is 9.84 Å². The van der Waals surface area contributed by atoms with Crippen molar-refractivity contribution in [1.82, 2.24) is 15.1 Å². The minimum absolute atomic E-state index is 0.440. The summed E-state index contributed by atoms with van der Waals surface area (Å²) in [7, 11) is 0. The van der Waals surface area contributed by atoms with Gasteiger partial charge in [-0.3, -0.25) is 0 Å². The van der Waals surface area contributed by atoms with Crippen molar-refractivity contribution in [2.45, 2.75) is 6.54 Å². The van der Waals surface area contributed by atoms with Crippen molar-refractivity contribution in [2.75, 3.05) is 5.32 Å². The Balaban J connectivity index is 1.74. The predicted molar refractivity (Wildman–Crippen MR) is 93.8 cm³/mol. The van der Waals surface area contributed by atoms with Gasteiger partial charge in [0.25, 0.3) is 5.71 Å². The fourth-order valence-corrected chi connectivity index (χ4v) is 2.73. The van der Waals surface area contributed by atoms with Gasteiger partial charge in [-0.05, 0) is 17.7 Å². The molecule has 2 aromatic heterocycles. The van der Waals surface area contributed by atoms with Crippen molar-refractivity contribution in [2.24, 2.45) is 0 Å². The molecule has 0 bridgehead atoms. The Bertz CT molecular complexity index is 985. The molecule has 24 heavy (non-hydrogen) atoms. The molecule has 4 aromatic rings. The van der Waals surface area contributed by atoms with E-state index in [2.05, 4.69) is 32.6 Å². The molecule has 2 aromatic carbocycles. The van der Waals surface area contributed by atoms with Crippen molar-refractivity contribution >= 4 is 28.5 Å². The second kappa shape index (κ2) is 6.29. The lowest BCUT2D eigenvalue weighted by Crippen LogP contribution is -2.02. The fraction of sp³-hybridized carbons (Fsp3) is 0.0556. The first-order valence-corrected chi connectivity index (χ1v) is 7.83. The van der Waals surface area contributed by atoms with Gasteiger partial charge in [0, 0.05) is 17.1 Å². The second-order valence-corrected chi connectivity index (χ2v) is 5.72. The van der Waals surface area contributed by atoms with Crippen LogP contribution in [-0.2, 0) is 6.54 Å². The van der Waals surface area contributed by atoms with Crippen LogP contribution in [0.25, 0.3) is 22.4 Å². The zero-order valence-corrected chi connectivity index (χ0v) is 13.4. The fourth-order valence-electron chi connectivity index (χ4n) is 2.54. The van der Waals surface area contributed by atoms with E-state index in [-0.39, 0.29) is 0 Å². The molecule has 0 saturated carbocycles. The molecule has 0 aliphatic heterocycles. The van der Waals surface area contributed by atoms with E-state index >= 15 is 0 Å². The molecule has 1 N–H and O–H groups in total. The number of benzene rings is 2. The van der Waals surface area contributed by atoms with Gasteiger partial charge in [-0.2, -0.15) is 4.98 Å². The van der Waals surface area contributed by atoms with Gasteiger partial charge in [0.15, 0.2) is 0 Å². The van der Waals surface area contributed by atoms with Crippen LogP contribution in [0.5, 0.6) is 0 Å². The van der Waals surface area contributed by atoms with Crippen molar-refractivity contribution < 1.29 is 4.52 Å². The monoisotopic (exact) mass is 336 g/mol. The van der Waals surface area contributed by atoms with E-state index in [9.17, 15) is 0 Å². The number of nitrogens with one attached hydrogen (secondary N) is 1. The van der Waals surface area contributed by atoms with Crippen LogP contribution in [0.4, 0.5) is 5.82 Å². The largest absolute Gasteiger partial charge is 0.365 e. The van der Waals surface area contributed by atoms with E-state index in [1.54, 1.807) is 0 Å². The number of hydrogen-bond donors (Lipinski definition) is 1. The number of nitrogens with zero attached hydrogens (tertiary/aromatic N) is 3. The molecule has 0 atom stereocenters. The molecule has 4 rings (SSSR count). The van der Waals surface area contributed by atoms with Gasteiger partial charge in [0.05, 0.1) is 0 Å². The summed E-state index contributed by atoms with van der Waals surface area (Å²) in [6.45, 7) is 0.646. The quantitative estimate of drug-likeness (QED) is 0.592. The van der Waals surface area contributed by atoms with Gasteiger partial charge in [-0.1, -0.05) is 59.2 Å². The molecule has 0 radical (unpaired) electrons. The predicted octanol–water partition coefficient (Wildman–Crippen LogP) is 4.55. The van der Waals surface area contributed by atoms with Crippen LogP contribution in [0.1, 0.15) is 5.56 Å². The minimum Gasteiger partial charge on any atom is -0.365 e. The lowest BCUT2D eigenvalue weighted by Gasteiger charge is -2.07. The maximum Gasteiger partial charge on any atom is 0.263 e. The Labute approximate surface area is 143 Å². The Morgan fingerprint density at radius 3 is 2.71 bits per heavy atom. The maximum absolute atomic E-state index is 6.09. The van der Waals surface area contributed by atoms with Gasteiger partial charge in [0.1, 0.15) is 23.2 Å². The molecular formula is C18H13ClN4O. The summed E-state index contributed by atoms with van der Waals surface area (Å²) >= 11 is 6.09. The van der Waals surface area contributed by atoms with Crippen LogP contribution < -0.4 is 5.32 Å². The van der Waals surface area contributed by atoms with Crippen molar-refractivity contribution in [1.29, 1.82) is 0 Å². The number of rotatable bonds is 4. The first-order chi connectivity index (χ1) is 11.8. The zero-order chi connectivity index (χ0) is 16.4. The van der Waals surface area contributed by atoms with E-state index in [0.717, 1.165) is 16.5 Å². The van der Waals surface area contributed by atoms with Crippen LogP contribution >= 0.6 is 11.6 Å². The Morgan fingerprint density at radius 2 is 1.88 bits per heavy atom. The molecule has 0 amide bonds. The van der Waals surface area contributed by atoms with Crippen molar-refractivity contribution in [3.63, 3.8) is 0 Å². The van der Waals surface area contributed by atoms with Crippen LogP contribution in [0.3, 0.4) is 0 Å². The Kier molecular flexibility index (Phi) is 3.84. The van der Waals surface area contributed by atoms with Crippen LogP contribution in [-0.4, -0.2) is 15.1 Å². The van der Waals surface area contributed by atoms with Crippen LogP contribution in [0.2, 0.25) is 5.02 Å². The summed E-state index contributed by atoms with van der Waals surface area (Å²) in [4.78, 5) is 8.50. The molecule has 2 heterocycles. The molecule has 0 saturated heterocycles. The molecule has 0 aliphatic rings. The number of hydrogen-bond acceptors (Lipinski definition) is 5. The third-order valence-corrected chi connectivity index (χ3v) is 3.91. The Morgan fingerprint density at radius 1 is 1.00 bits per heavy atom. The average Bonchev–Trinajstić information content (AvgIpc) is 3.05. The highest BCUT2D eigenvalue weighted by Crippen LogP contribution is 2.32. The second-order valence-electron chi connectivity index (χ2n) is 5.28. The van der Waals surface area contributed by atoms with Gasteiger partial charge in [0.2, 0.25) is 0 Å². The molecule has 0 unspecified atom stereocenters. The molecule has 5 nitrogen and oxygen atoms in total. The molecule has 6 heteroatoms. The normalized spacial score (nSPS) is 10.9. The zero-order valence-electron chi connectivity index (χ0n) is 12.6. The van der Waals surface area contributed by atoms with E-state index in [4.69, 9.17) is 16.1 Å². The van der Waals surface area contributed by atoms with Crippen LogP contribution in [0.15, 0.2) is 65.4 Å². The number of fused-ring (bicyclic) bond motifs is 1. The summed E-state index contributed by atoms with van der Waals surface area (Å²) in [5.41, 5.74) is 3.13. The van der Waals surface area contributed by atoms with Crippen molar-refractivity contribution in [3.8, 4) is 11.3 Å². The smallest absolute Gasteiger partial charge is 0.263 e. The molecule has 0 aliphatic carbocycles. The van der Waals surface area contributed by atoms with Gasteiger partial charge in [-0.15, -0.1) is 0 Å². The van der Waals surface area contributed by atoms with E-state index in [0.29, 0.717) is 28.8 Å². The lowest BCUT2D eigenvalue weighted by molar-refractivity contribution is 0.451. The third kappa shape index (κ3) is 2.81. The standard InChI is InChI=1S/C18H13ClN4O/c19-14-8-4-7-13(9-14)16-15-17(21-11-22-18(15)24-23-16)20-10-12-5-2-1-3-6-12/h1-9,11H,10H2,(H,20,21,22). The summed E-state index contributed by atoms with van der Waals surface area (Å²) in [5.74, 6) is 0.681. The maximum atomic E-state index is 6.09.